The molecule has 29 heavy (non-hydrogen) atoms. The number of hydrogen-bond donors (Lipinski definition) is 1. The van der Waals surface area contributed by atoms with Crippen LogP contribution in [0.15, 0.2) is 35.3 Å². The number of esters is 1. The first-order valence-electron chi connectivity index (χ1n) is 8.94. The first kappa shape index (κ1) is 20.5. The van der Waals surface area contributed by atoms with Crippen LogP contribution in [0.3, 0.4) is 0 Å². The van der Waals surface area contributed by atoms with Crippen molar-refractivity contribution in [2.24, 2.45) is 0 Å². The number of amides is 1. The van der Waals surface area contributed by atoms with Gasteiger partial charge in [-0.25, -0.2) is 4.79 Å². The van der Waals surface area contributed by atoms with Crippen LogP contribution >= 0.6 is 11.3 Å². The van der Waals surface area contributed by atoms with Gasteiger partial charge in [0.15, 0.2) is 6.10 Å². The van der Waals surface area contributed by atoms with Gasteiger partial charge in [0.1, 0.15) is 17.3 Å². The molecule has 0 aliphatic rings. The van der Waals surface area contributed by atoms with Gasteiger partial charge in [-0.05, 0) is 39.0 Å². The highest BCUT2D eigenvalue weighted by atomic mass is 32.1. The minimum absolute atomic E-state index is 0.169. The number of ether oxygens (including phenoxy) is 2. The molecule has 3 aromatic rings. The van der Waals surface area contributed by atoms with Crippen LogP contribution < -0.4 is 15.6 Å². The van der Waals surface area contributed by atoms with Gasteiger partial charge in [-0.2, -0.15) is 0 Å². The zero-order valence-corrected chi connectivity index (χ0v) is 17.0. The van der Waals surface area contributed by atoms with Crippen LogP contribution in [0.2, 0.25) is 0 Å². The van der Waals surface area contributed by atoms with Crippen molar-refractivity contribution in [3.8, 4) is 5.75 Å². The Hall–Kier alpha value is -3.27. The summed E-state index contributed by atoms with van der Waals surface area (Å²) in [5, 5.41) is 12.3. The number of fused-ring (bicyclic) bond motifs is 1. The second-order valence-corrected chi connectivity index (χ2v) is 7.33. The number of pyridine rings is 1. The quantitative estimate of drug-likeness (QED) is 0.587. The third-order valence-corrected chi connectivity index (χ3v) is 4.74. The molecule has 1 N–H and O–H groups in total. The second-order valence-electron chi connectivity index (χ2n) is 6.15. The molecule has 3 rings (SSSR count). The van der Waals surface area contributed by atoms with E-state index in [1.54, 1.807) is 45.0 Å². The molecule has 0 saturated carbocycles. The Morgan fingerprint density at radius 2 is 2.03 bits per heavy atom. The van der Waals surface area contributed by atoms with Crippen LogP contribution in [0.5, 0.6) is 5.75 Å². The molecule has 2 heterocycles. The molecule has 0 aliphatic carbocycles. The molecule has 1 amide bonds. The fraction of sp³-hybridized carbons (Fsp3) is 0.316. The average Bonchev–Trinajstić information content (AvgIpc) is 3.09. The van der Waals surface area contributed by atoms with E-state index in [1.807, 2.05) is 0 Å². The lowest BCUT2D eigenvalue weighted by atomic mass is 10.1. The molecule has 0 bridgehead atoms. The third-order valence-electron chi connectivity index (χ3n) is 3.99. The SMILES string of the molecule is CCOC(=O)C(C)Oc1cccc2c(=O)n(CC(=O)Nc3nnc(C)s3)ccc12. The predicted octanol–water partition coefficient (Wildman–Crippen LogP) is 2.13. The van der Waals surface area contributed by atoms with Crippen molar-refractivity contribution in [1.29, 1.82) is 0 Å². The van der Waals surface area contributed by atoms with Gasteiger partial charge in [0.05, 0.1) is 12.0 Å². The van der Waals surface area contributed by atoms with Crippen molar-refractivity contribution >= 4 is 39.1 Å². The smallest absolute Gasteiger partial charge is 0.347 e. The molecule has 1 unspecified atom stereocenters. The molecule has 2 aromatic heterocycles. The van der Waals surface area contributed by atoms with Crippen LogP contribution in [-0.4, -0.2) is 39.4 Å². The molecule has 0 saturated heterocycles. The van der Waals surface area contributed by atoms with E-state index in [1.165, 1.54) is 22.1 Å². The fourth-order valence-electron chi connectivity index (χ4n) is 2.68. The maximum absolute atomic E-state index is 12.8. The van der Waals surface area contributed by atoms with Crippen molar-refractivity contribution in [2.75, 3.05) is 11.9 Å². The van der Waals surface area contributed by atoms with Crippen molar-refractivity contribution < 1.29 is 19.1 Å². The highest BCUT2D eigenvalue weighted by molar-refractivity contribution is 7.15. The van der Waals surface area contributed by atoms with Gasteiger partial charge >= 0.3 is 5.97 Å². The Morgan fingerprint density at radius 1 is 1.24 bits per heavy atom. The van der Waals surface area contributed by atoms with Gasteiger partial charge in [0.25, 0.3) is 5.56 Å². The minimum atomic E-state index is -0.816. The molecule has 10 heteroatoms. The minimum Gasteiger partial charge on any atom is -0.478 e. The zero-order valence-electron chi connectivity index (χ0n) is 16.2. The second kappa shape index (κ2) is 8.82. The van der Waals surface area contributed by atoms with E-state index in [0.717, 1.165) is 5.01 Å². The summed E-state index contributed by atoms with van der Waals surface area (Å²) < 4.78 is 11.9. The van der Waals surface area contributed by atoms with Crippen molar-refractivity contribution in [3.05, 3.63) is 45.8 Å². The lowest BCUT2D eigenvalue weighted by molar-refractivity contribution is -0.150. The number of carbonyl (C=O) groups is 2. The lowest BCUT2D eigenvalue weighted by Crippen LogP contribution is -2.28. The van der Waals surface area contributed by atoms with Crippen LogP contribution in [-0.2, 0) is 20.9 Å². The van der Waals surface area contributed by atoms with Crippen LogP contribution in [0, 0.1) is 6.92 Å². The number of nitrogens with one attached hydrogen (secondary N) is 1. The van der Waals surface area contributed by atoms with Gasteiger partial charge < -0.3 is 14.0 Å². The maximum Gasteiger partial charge on any atom is 0.347 e. The molecule has 1 aromatic carbocycles. The average molecular weight is 416 g/mol. The number of rotatable bonds is 7. The van der Waals surface area contributed by atoms with E-state index in [4.69, 9.17) is 9.47 Å². The number of anilines is 1. The first-order valence-corrected chi connectivity index (χ1v) is 9.76. The van der Waals surface area contributed by atoms with E-state index in [2.05, 4.69) is 15.5 Å². The van der Waals surface area contributed by atoms with E-state index >= 15 is 0 Å². The summed E-state index contributed by atoms with van der Waals surface area (Å²) in [4.78, 5) is 36.8. The van der Waals surface area contributed by atoms with E-state index in [-0.39, 0.29) is 24.6 Å². The van der Waals surface area contributed by atoms with Crippen LogP contribution in [0.1, 0.15) is 18.9 Å². The summed E-state index contributed by atoms with van der Waals surface area (Å²) in [7, 11) is 0. The number of nitrogens with zero attached hydrogens (tertiary/aromatic N) is 3. The maximum atomic E-state index is 12.8. The number of aromatic nitrogens is 3. The van der Waals surface area contributed by atoms with E-state index < -0.39 is 12.1 Å². The topological polar surface area (TPSA) is 112 Å². The zero-order chi connectivity index (χ0) is 21.0. The molecule has 0 spiro atoms. The van der Waals surface area contributed by atoms with Gasteiger partial charge in [-0.3, -0.25) is 14.9 Å². The van der Waals surface area contributed by atoms with Crippen LogP contribution in [0.4, 0.5) is 5.13 Å². The Bertz CT molecular complexity index is 1110. The molecular weight excluding hydrogens is 396 g/mol. The number of carbonyl (C=O) groups excluding carboxylic acids is 2. The van der Waals surface area contributed by atoms with E-state index in [9.17, 15) is 14.4 Å². The molecule has 0 radical (unpaired) electrons. The Morgan fingerprint density at radius 3 is 2.72 bits per heavy atom. The predicted molar refractivity (Wildman–Crippen MR) is 108 cm³/mol. The van der Waals surface area contributed by atoms with Crippen molar-refractivity contribution in [1.82, 2.24) is 14.8 Å². The molecular formula is C19H20N4O5S. The standard InChI is InChI=1S/C19H20N4O5S/c1-4-27-18(26)11(2)28-15-7-5-6-14-13(15)8-9-23(17(14)25)10-16(24)20-19-22-21-12(3)29-19/h5-9,11H,4,10H2,1-3H3,(H,20,22,24). The Labute approximate surface area is 170 Å². The summed E-state index contributed by atoms with van der Waals surface area (Å²) in [6, 6.07) is 6.64. The molecule has 0 fully saturated rings. The van der Waals surface area contributed by atoms with Gasteiger partial charge in [-0.1, -0.05) is 17.4 Å². The highest BCUT2D eigenvalue weighted by Gasteiger charge is 2.18. The third kappa shape index (κ3) is 4.77. The largest absolute Gasteiger partial charge is 0.478 e. The first-order chi connectivity index (χ1) is 13.9. The van der Waals surface area contributed by atoms with Crippen molar-refractivity contribution in [2.45, 2.75) is 33.4 Å². The molecule has 152 valence electrons. The van der Waals surface area contributed by atoms with Crippen LogP contribution in [0.25, 0.3) is 10.8 Å². The summed E-state index contributed by atoms with van der Waals surface area (Å²) in [5.74, 6) is -0.478. The Kier molecular flexibility index (Phi) is 6.23. The van der Waals surface area contributed by atoms with Crippen molar-refractivity contribution in [3.63, 3.8) is 0 Å². The fourth-order valence-corrected chi connectivity index (χ4v) is 3.28. The number of benzene rings is 1. The number of hydrogen-bond acceptors (Lipinski definition) is 8. The summed E-state index contributed by atoms with van der Waals surface area (Å²) in [5.41, 5.74) is -0.347. The van der Waals surface area contributed by atoms with Gasteiger partial charge in [0, 0.05) is 11.6 Å². The summed E-state index contributed by atoms with van der Waals surface area (Å²) in [6.45, 7) is 5.16. The lowest BCUT2D eigenvalue weighted by Gasteiger charge is -2.15. The normalized spacial score (nSPS) is 11.8. The monoisotopic (exact) mass is 416 g/mol. The highest BCUT2D eigenvalue weighted by Crippen LogP contribution is 2.24. The number of aryl methyl sites for hydroxylation is 1. The summed E-state index contributed by atoms with van der Waals surface area (Å²) >= 11 is 1.25. The molecule has 1 atom stereocenters. The van der Waals surface area contributed by atoms with Gasteiger partial charge in [0.2, 0.25) is 11.0 Å². The molecule has 0 aliphatic heterocycles. The molecule has 9 nitrogen and oxygen atoms in total. The summed E-state index contributed by atoms with van der Waals surface area (Å²) in [6.07, 6.45) is 0.696. The van der Waals surface area contributed by atoms with Gasteiger partial charge in [-0.15, -0.1) is 10.2 Å². The van der Waals surface area contributed by atoms with E-state index in [0.29, 0.717) is 21.7 Å². The Balaban J connectivity index is 1.81.